The van der Waals surface area contributed by atoms with E-state index in [1.54, 1.807) is 4.68 Å². The van der Waals surface area contributed by atoms with Crippen molar-refractivity contribution >= 4 is 11.8 Å². The van der Waals surface area contributed by atoms with Crippen molar-refractivity contribution < 1.29 is 9.59 Å². The highest BCUT2D eigenvalue weighted by atomic mass is 16.2. The molecule has 0 saturated heterocycles. The van der Waals surface area contributed by atoms with Gasteiger partial charge < -0.3 is 10.2 Å². The molecule has 170 valence electrons. The number of carbonyl (C=O) groups excluding carboxylic acids is 2. The van der Waals surface area contributed by atoms with Crippen LogP contribution in [0, 0.1) is 6.92 Å². The van der Waals surface area contributed by atoms with Gasteiger partial charge in [0.15, 0.2) is 5.69 Å². The van der Waals surface area contributed by atoms with Gasteiger partial charge in [-0.15, -0.1) is 5.10 Å². The van der Waals surface area contributed by atoms with Gasteiger partial charge in [-0.25, -0.2) is 4.68 Å². The lowest BCUT2D eigenvalue weighted by Gasteiger charge is -2.29. The summed E-state index contributed by atoms with van der Waals surface area (Å²) in [6.07, 6.45) is 4.03. The van der Waals surface area contributed by atoms with Gasteiger partial charge in [0.05, 0.1) is 11.4 Å². The number of aromatic nitrogens is 3. The summed E-state index contributed by atoms with van der Waals surface area (Å²) in [5.74, 6) is 0.253. The number of hydrogen-bond acceptors (Lipinski definition) is 4. The monoisotopic (exact) mass is 443 g/mol. The van der Waals surface area contributed by atoms with Crippen LogP contribution in [-0.2, 0) is 17.8 Å². The van der Waals surface area contributed by atoms with E-state index in [1.807, 2.05) is 48.2 Å². The molecular formula is C26H29N5O2. The van der Waals surface area contributed by atoms with Crippen LogP contribution >= 0.6 is 0 Å². The summed E-state index contributed by atoms with van der Waals surface area (Å²) < 4.78 is 1.80. The summed E-state index contributed by atoms with van der Waals surface area (Å²) in [5.41, 5.74) is 5.95. The SMILES string of the molecule is Cc1ccc(-n2nnc(C(=O)NCCCC(=O)N3CCc4ccccc4C3)c2C2CC2)cc1. The summed E-state index contributed by atoms with van der Waals surface area (Å²) in [5, 5.41) is 11.4. The number of amides is 2. The fraction of sp³-hybridized carbons (Fsp3) is 0.385. The third kappa shape index (κ3) is 4.67. The van der Waals surface area contributed by atoms with Crippen LogP contribution in [0.15, 0.2) is 48.5 Å². The van der Waals surface area contributed by atoms with Crippen LogP contribution in [0.25, 0.3) is 5.69 Å². The molecule has 7 heteroatoms. The molecular weight excluding hydrogens is 414 g/mol. The lowest BCUT2D eigenvalue weighted by Crippen LogP contribution is -2.36. The van der Waals surface area contributed by atoms with Crippen LogP contribution in [0.5, 0.6) is 0 Å². The summed E-state index contributed by atoms with van der Waals surface area (Å²) in [6, 6.07) is 16.4. The van der Waals surface area contributed by atoms with Crippen molar-refractivity contribution in [2.45, 2.75) is 51.5 Å². The van der Waals surface area contributed by atoms with Crippen molar-refractivity contribution in [3.05, 3.63) is 76.6 Å². The highest BCUT2D eigenvalue weighted by Gasteiger charge is 2.34. The maximum atomic E-state index is 12.9. The first-order chi connectivity index (χ1) is 16.1. The molecule has 1 saturated carbocycles. The Morgan fingerprint density at radius 1 is 1.06 bits per heavy atom. The second kappa shape index (κ2) is 9.17. The van der Waals surface area contributed by atoms with Crippen molar-refractivity contribution in [1.82, 2.24) is 25.2 Å². The molecule has 5 rings (SSSR count). The van der Waals surface area contributed by atoms with Crippen LogP contribution in [0.1, 0.15) is 64.5 Å². The normalized spacial score (nSPS) is 15.2. The van der Waals surface area contributed by atoms with Gasteiger partial charge in [0.25, 0.3) is 5.91 Å². The van der Waals surface area contributed by atoms with Crippen molar-refractivity contribution in [1.29, 1.82) is 0 Å². The second-order valence-corrected chi connectivity index (χ2v) is 9.04. The minimum absolute atomic E-state index is 0.141. The molecule has 0 spiro atoms. The summed E-state index contributed by atoms with van der Waals surface area (Å²) in [6.45, 7) is 3.92. The first-order valence-corrected chi connectivity index (χ1v) is 11.8. The van der Waals surface area contributed by atoms with E-state index in [2.05, 4.69) is 27.8 Å². The molecule has 1 aliphatic carbocycles. The fourth-order valence-corrected chi connectivity index (χ4v) is 4.44. The topological polar surface area (TPSA) is 80.1 Å². The van der Waals surface area contributed by atoms with E-state index in [1.165, 1.54) is 16.7 Å². The zero-order valence-electron chi connectivity index (χ0n) is 19.0. The average molecular weight is 444 g/mol. The van der Waals surface area contributed by atoms with Gasteiger partial charge in [-0.2, -0.15) is 0 Å². The van der Waals surface area contributed by atoms with E-state index in [9.17, 15) is 9.59 Å². The second-order valence-electron chi connectivity index (χ2n) is 9.04. The number of carbonyl (C=O) groups is 2. The minimum atomic E-state index is -0.213. The van der Waals surface area contributed by atoms with Gasteiger partial charge in [0.2, 0.25) is 5.91 Å². The third-order valence-electron chi connectivity index (χ3n) is 6.50. The van der Waals surface area contributed by atoms with Gasteiger partial charge >= 0.3 is 0 Å². The number of aryl methyl sites for hydroxylation is 1. The quantitative estimate of drug-likeness (QED) is 0.567. The Labute approximate surface area is 193 Å². The van der Waals surface area contributed by atoms with Crippen molar-refractivity contribution in [2.24, 2.45) is 0 Å². The molecule has 3 aromatic rings. The molecule has 2 heterocycles. The van der Waals surface area contributed by atoms with Crippen LogP contribution in [0.3, 0.4) is 0 Å². The maximum absolute atomic E-state index is 12.9. The van der Waals surface area contributed by atoms with Crippen molar-refractivity contribution in [2.75, 3.05) is 13.1 Å². The largest absolute Gasteiger partial charge is 0.351 e. The number of hydrogen-bond donors (Lipinski definition) is 1. The summed E-state index contributed by atoms with van der Waals surface area (Å²) in [4.78, 5) is 27.4. The molecule has 2 amide bonds. The Morgan fingerprint density at radius 3 is 2.58 bits per heavy atom. The van der Waals surface area contributed by atoms with Gasteiger partial charge in [-0.1, -0.05) is 47.2 Å². The first-order valence-electron chi connectivity index (χ1n) is 11.8. The number of benzene rings is 2. The van der Waals surface area contributed by atoms with Gasteiger partial charge in [-0.05, 0) is 55.9 Å². The highest BCUT2D eigenvalue weighted by Crippen LogP contribution is 2.42. The molecule has 7 nitrogen and oxygen atoms in total. The molecule has 0 unspecified atom stereocenters. The Kier molecular flexibility index (Phi) is 5.94. The van der Waals surface area contributed by atoms with Crippen molar-refractivity contribution in [3.63, 3.8) is 0 Å². The smallest absolute Gasteiger partial charge is 0.273 e. The van der Waals surface area contributed by atoms with Crippen LogP contribution in [0.4, 0.5) is 0 Å². The molecule has 0 radical (unpaired) electrons. The van der Waals surface area contributed by atoms with Gasteiger partial charge in [0.1, 0.15) is 0 Å². The summed E-state index contributed by atoms with van der Waals surface area (Å²) >= 11 is 0. The molecule has 2 aliphatic rings. The number of nitrogens with zero attached hydrogens (tertiary/aromatic N) is 4. The minimum Gasteiger partial charge on any atom is -0.351 e. The first kappa shape index (κ1) is 21.4. The van der Waals surface area contributed by atoms with E-state index in [0.717, 1.165) is 37.2 Å². The zero-order chi connectivity index (χ0) is 22.8. The molecule has 1 fully saturated rings. The van der Waals surface area contributed by atoms with Crippen LogP contribution in [0.2, 0.25) is 0 Å². The third-order valence-corrected chi connectivity index (χ3v) is 6.50. The molecule has 2 aromatic carbocycles. The van der Waals surface area contributed by atoms with Gasteiger partial charge in [-0.3, -0.25) is 9.59 Å². The maximum Gasteiger partial charge on any atom is 0.273 e. The Morgan fingerprint density at radius 2 is 1.82 bits per heavy atom. The van der Waals surface area contributed by atoms with E-state index in [0.29, 0.717) is 37.5 Å². The molecule has 0 atom stereocenters. The predicted molar refractivity (Wildman–Crippen MR) is 125 cm³/mol. The highest BCUT2D eigenvalue weighted by molar-refractivity contribution is 5.93. The van der Waals surface area contributed by atoms with E-state index in [4.69, 9.17) is 0 Å². The zero-order valence-corrected chi connectivity index (χ0v) is 19.0. The van der Waals surface area contributed by atoms with Gasteiger partial charge in [0, 0.05) is 32.0 Å². The fourth-order valence-electron chi connectivity index (χ4n) is 4.44. The Hall–Kier alpha value is -3.48. The Bertz CT molecular complexity index is 1160. The molecule has 0 bridgehead atoms. The summed E-state index contributed by atoms with van der Waals surface area (Å²) in [7, 11) is 0. The molecule has 33 heavy (non-hydrogen) atoms. The number of fused-ring (bicyclic) bond motifs is 1. The van der Waals surface area contributed by atoms with Crippen LogP contribution < -0.4 is 5.32 Å². The molecule has 1 aromatic heterocycles. The number of rotatable bonds is 7. The molecule has 1 aliphatic heterocycles. The average Bonchev–Trinajstić information content (AvgIpc) is 3.59. The predicted octanol–water partition coefficient (Wildman–Crippen LogP) is 3.55. The number of nitrogens with one attached hydrogen (secondary N) is 1. The standard InChI is InChI=1S/C26H29N5O2/c1-18-8-12-22(13-9-18)31-25(20-10-11-20)24(28-29-31)26(33)27-15-4-7-23(32)30-16-14-19-5-2-3-6-21(19)17-30/h2-3,5-6,8-9,12-13,20H,4,7,10-11,14-17H2,1H3,(H,27,33). The molecule has 1 N–H and O–H groups in total. The van der Waals surface area contributed by atoms with E-state index >= 15 is 0 Å². The van der Waals surface area contributed by atoms with Crippen molar-refractivity contribution in [3.8, 4) is 5.69 Å². The lowest BCUT2D eigenvalue weighted by atomic mass is 9.99. The Balaban J connectivity index is 1.16. The van der Waals surface area contributed by atoms with Crippen LogP contribution in [-0.4, -0.2) is 44.8 Å². The van der Waals surface area contributed by atoms with E-state index < -0.39 is 0 Å². The van der Waals surface area contributed by atoms with E-state index in [-0.39, 0.29) is 11.8 Å². The lowest BCUT2D eigenvalue weighted by molar-refractivity contribution is -0.132.